The highest BCUT2D eigenvalue weighted by molar-refractivity contribution is 4.75. The smallest absolute Gasteiger partial charge is 0.310 e. The first-order valence-corrected chi connectivity index (χ1v) is 8.11. The Morgan fingerprint density at radius 2 is 1.57 bits per heavy atom. The first kappa shape index (κ1) is 18.8. The topological polar surface area (TPSA) is 49.5 Å². The Hall–Kier alpha value is -0.200. The molecule has 5 heteroatoms. The van der Waals surface area contributed by atoms with Crippen LogP contribution in [0.2, 0.25) is 0 Å². The zero-order valence-electron chi connectivity index (χ0n) is 14.1. The predicted molar refractivity (Wildman–Crippen MR) is 81.2 cm³/mol. The molecule has 0 aromatic carbocycles. The first-order chi connectivity index (χ1) is 10.2. The van der Waals surface area contributed by atoms with E-state index in [-0.39, 0.29) is 12.2 Å². The van der Waals surface area contributed by atoms with Crippen LogP contribution in [0.5, 0.6) is 0 Å². The van der Waals surface area contributed by atoms with Crippen LogP contribution in [0.4, 0.5) is 0 Å². The van der Waals surface area contributed by atoms with Crippen molar-refractivity contribution in [2.75, 3.05) is 34.5 Å². The molecule has 0 spiro atoms. The third kappa shape index (κ3) is 6.61. The zero-order chi connectivity index (χ0) is 15.6. The lowest BCUT2D eigenvalue weighted by molar-refractivity contribution is -0.394. The lowest BCUT2D eigenvalue weighted by Gasteiger charge is -2.36. The van der Waals surface area contributed by atoms with Crippen LogP contribution in [0.15, 0.2) is 0 Å². The molecule has 1 unspecified atom stereocenters. The van der Waals surface area contributed by atoms with E-state index in [4.69, 9.17) is 23.7 Å². The Morgan fingerprint density at radius 1 is 1.00 bits per heavy atom. The lowest BCUT2D eigenvalue weighted by atomic mass is 10.1. The Balaban J connectivity index is 2.38. The molecule has 0 aliphatic carbocycles. The average Bonchev–Trinajstić information content (AvgIpc) is 3.33. The summed E-state index contributed by atoms with van der Waals surface area (Å²) < 4.78 is 27.4. The van der Waals surface area contributed by atoms with Crippen molar-refractivity contribution in [3.05, 3.63) is 0 Å². The molecule has 0 N–H and O–H groups in total. The number of unbranched alkanes of at least 4 members (excludes halogenated alkanes) is 5. The van der Waals surface area contributed by atoms with Crippen molar-refractivity contribution in [1.82, 2.24) is 0 Å². The second-order valence-corrected chi connectivity index (χ2v) is 5.55. The predicted octanol–water partition coefficient (Wildman–Crippen LogP) is 3.11. The van der Waals surface area contributed by atoms with Gasteiger partial charge >= 0.3 is 5.97 Å². The van der Waals surface area contributed by atoms with E-state index in [9.17, 15) is 0 Å². The molecule has 0 aromatic heterocycles. The van der Waals surface area contributed by atoms with Gasteiger partial charge in [0.05, 0.1) is 13.2 Å². The van der Waals surface area contributed by atoms with Gasteiger partial charge in [-0.25, -0.2) is 0 Å². The maximum atomic E-state index is 5.93. The molecule has 126 valence electrons. The molecule has 1 rings (SSSR count). The van der Waals surface area contributed by atoms with Gasteiger partial charge in [-0.15, -0.1) is 0 Å². The van der Waals surface area contributed by atoms with E-state index in [0.29, 0.717) is 6.61 Å². The summed E-state index contributed by atoms with van der Waals surface area (Å²) in [7, 11) is 4.74. The molecule has 1 aliphatic rings. The molecule has 1 heterocycles. The van der Waals surface area contributed by atoms with Crippen LogP contribution < -0.4 is 0 Å². The summed E-state index contributed by atoms with van der Waals surface area (Å²) in [6, 6.07) is 0. The van der Waals surface area contributed by atoms with Gasteiger partial charge in [-0.1, -0.05) is 45.4 Å². The molecule has 0 saturated carbocycles. The van der Waals surface area contributed by atoms with Crippen molar-refractivity contribution < 1.29 is 23.7 Å². The fourth-order valence-corrected chi connectivity index (χ4v) is 2.50. The monoisotopic (exact) mass is 304 g/mol. The van der Waals surface area contributed by atoms with E-state index < -0.39 is 5.97 Å². The Bertz CT molecular complexity index is 243. The highest BCUT2D eigenvalue weighted by Gasteiger charge is 2.42. The van der Waals surface area contributed by atoms with Gasteiger partial charge in [-0.3, -0.25) is 0 Å². The molecule has 2 atom stereocenters. The van der Waals surface area contributed by atoms with Crippen molar-refractivity contribution in [2.24, 2.45) is 0 Å². The van der Waals surface area contributed by atoms with Crippen LogP contribution >= 0.6 is 0 Å². The van der Waals surface area contributed by atoms with Gasteiger partial charge in [0.25, 0.3) is 0 Å². The third-order valence-corrected chi connectivity index (χ3v) is 3.95. The summed E-state index contributed by atoms with van der Waals surface area (Å²) >= 11 is 0. The van der Waals surface area contributed by atoms with E-state index in [1.165, 1.54) is 32.1 Å². The van der Waals surface area contributed by atoms with E-state index in [2.05, 4.69) is 6.92 Å². The number of methoxy groups -OCH3 is 3. The average molecular weight is 304 g/mol. The summed E-state index contributed by atoms with van der Waals surface area (Å²) in [5, 5.41) is 0. The number of epoxide rings is 1. The van der Waals surface area contributed by atoms with Crippen LogP contribution in [0.3, 0.4) is 0 Å². The molecule has 0 aromatic rings. The summed E-state index contributed by atoms with van der Waals surface area (Å²) in [6.45, 7) is 3.58. The van der Waals surface area contributed by atoms with Crippen LogP contribution in [0.1, 0.15) is 51.9 Å². The van der Waals surface area contributed by atoms with Gasteiger partial charge in [-0.2, -0.15) is 0 Å². The normalized spacial score (nSPS) is 19.7. The van der Waals surface area contributed by atoms with Crippen molar-refractivity contribution in [3.8, 4) is 0 Å². The molecule has 0 amide bonds. The maximum absolute atomic E-state index is 5.93. The van der Waals surface area contributed by atoms with Crippen LogP contribution in [0, 0.1) is 0 Å². The number of hydrogen-bond donors (Lipinski definition) is 0. The summed E-state index contributed by atoms with van der Waals surface area (Å²) in [5.74, 6) is -1.13. The molecular weight excluding hydrogens is 272 g/mol. The van der Waals surface area contributed by atoms with E-state index in [1.807, 2.05) is 0 Å². The maximum Gasteiger partial charge on any atom is 0.310 e. The van der Waals surface area contributed by atoms with E-state index in [1.54, 1.807) is 21.3 Å². The summed E-state index contributed by atoms with van der Waals surface area (Å²) in [4.78, 5) is 0. The van der Waals surface area contributed by atoms with Crippen molar-refractivity contribution in [3.63, 3.8) is 0 Å². The first-order valence-electron chi connectivity index (χ1n) is 8.11. The highest BCUT2D eigenvalue weighted by Crippen LogP contribution is 2.26. The minimum absolute atomic E-state index is 0.223. The zero-order valence-corrected chi connectivity index (χ0v) is 14.1. The largest absolute Gasteiger partial charge is 0.371 e. The molecule has 1 fully saturated rings. The molecule has 21 heavy (non-hydrogen) atoms. The van der Waals surface area contributed by atoms with Gasteiger partial charge in [0.15, 0.2) is 0 Å². The quantitative estimate of drug-likeness (QED) is 0.280. The lowest BCUT2D eigenvalue weighted by Crippen LogP contribution is -2.49. The highest BCUT2D eigenvalue weighted by atomic mass is 16.9. The molecule has 1 aliphatic heterocycles. The van der Waals surface area contributed by atoms with Gasteiger partial charge < -0.3 is 23.7 Å². The number of ether oxygens (including phenoxy) is 5. The van der Waals surface area contributed by atoms with Gasteiger partial charge in [0.1, 0.15) is 12.2 Å². The van der Waals surface area contributed by atoms with Gasteiger partial charge in [-0.05, 0) is 6.42 Å². The second-order valence-electron chi connectivity index (χ2n) is 5.55. The number of rotatable bonds is 14. The van der Waals surface area contributed by atoms with E-state index in [0.717, 1.165) is 19.4 Å². The van der Waals surface area contributed by atoms with Crippen LogP contribution in [-0.4, -0.2) is 52.7 Å². The third-order valence-electron chi connectivity index (χ3n) is 3.95. The minimum atomic E-state index is -1.13. The molecule has 1 saturated heterocycles. The van der Waals surface area contributed by atoms with Crippen LogP contribution in [-0.2, 0) is 23.7 Å². The Labute approximate surface area is 129 Å². The minimum Gasteiger partial charge on any atom is -0.371 e. The fourth-order valence-electron chi connectivity index (χ4n) is 2.50. The summed E-state index contributed by atoms with van der Waals surface area (Å²) in [6.07, 6.45) is 8.28. The molecular formula is C16H32O5. The fraction of sp³-hybridized carbons (Fsp3) is 1.00. The molecule has 0 radical (unpaired) electrons. The SMILES string of the molecule is CCCCCCCC[C@@H](OCC1CO1)C(OC)(OC)OC. The molecule has 0 bridgehead atoms. The Morgan fingerprint density at radius 3 is 2.10 bits per heavy atom. The van der Waals surface area contributed by atoms with Crippen molar-refractivity contribution in [2.45, 2.75) is 70.1 Å². The molecule has 5 nitrogen and oxygen atoms in total. The van der Waals surface area contributed by atoms with Crippen molar-refractivity contribution in [1.29, 1.82) is 0 Å². The standard InChI is InChI=1S/C16H32O5/c1-5-6-7-8-9-10-11-15(21-13-14-12-20-14)16(17-2,18-3)19-4/h14-15H,5-13H2,1-4H3/t14?,15-/m1/s1. The van der Waals surface area contributed by atoms with E-state index >= 15 is 0 Å². The summed E-state index contributed by atoms with van der Waals surface area (Å²) in [5.41, 5.74) is 0. The van der Waals surface area contributed by atoms with Crippen molar-refractivity contribution >= 4 is 0 Å². The van der Waals surface area contributed by atoms with Gasteiger partial charge in [0, 0.05) is 21.3 Å². The van der Waals surface area contributed by atoms with Crippen LogP contribution in [0.25, 0.3) is 0 Å². The van der Waals surface area contributed by atoms with Gasteiger partial charge in [0.2, 0.25) is 0 Å². The Kier molecular flexibility index (Phi) is 9.44. The second kappa shape index (κ2) is 10.5. The number of hydrogen-bond acceptors (Lipinski definition) is 5.